The molecule has 1 aliphatic heterocycles. The first-order chi connectivity index (χ1) is 16.0. The van der Waals surface area contributed by atoms with Gasteiger partial charge < -0.3 is 14.3 Å². The van der Waals surface area contributed by atoms with Crippen LogP contribution in [-0.4, -0.2) is 58.3 Å². The molecule has 1 unspecified atom stereocenters. The minimum absolute atomic E-state index is 0.218. The van der Waals surface area contributed by atoms with E-state index in [1.807, 2.05) is 42.5 Å². The zero-order valence-electron chi connectivity index (χ0n) is 19.1. The number of esters is 1. The molecule has 1 fully saturated rings. The summed E-state index contributed by atoms with van der Waals surface area (Å²) in [5.74, 6) is -0.626. The van der Waals surface area contributed by atoms with Crippen LogP contribution in [0.3, 0.4) is 0 Å². The van der Waals surface area contributed by atoms with E-state index in [0.29, 0.717) is 17.7 Å². The third-order valence-electron chi connectivity index (χ3n) is 6.92. The van der Waals surface area contributed by atoms with Crippen LogP contribution in [0.4, 0.5) is 0 Å². The first-order valence-electron chi connectivity index (χ1n) is 11.6. The largest absolute Gasteiger partial charge is 0.457 e. The monoisotopic (exact) mass is 446 g/mol. The van der Waals surface area contributed by atoms with E-state index in [1.54, 1.807) is 36.8 Å². The molecule has 33 heavy (non-hydrogen) atoms. The topological polar surface area (TPSA) is 72.3 Å². The Morgan fingerprint density at radius 3 is 2.36 bits per heavy atom. The SMILES string of the molecule is C[N+]1(CCCc2ccncn2)CCC[C@@H]1COC(=O)C(O)(c1ccccc1)c1ccccc1. The van der Waals surface area contributed by atoms with Crippen molar-refractivity contribution in [2.24, 2.45) is 0 Å². The minimum Gasteiger partial charge on any atom is -0.457 e. The van der Waals surface area contributed by atoms with Gasteiger partial charge in [0.25, 0.3) is 0 Å². The van der Waals surface area contributed by atoms with E-state index in [4.69, 9.17) is 4.74 Å². The van der Waals surface area contributed by atoms with E-state index in [0.717, 1.165) is 48.9 Å². The van der Waals surface area contributed by atoms with Crippen molar-refractivity contribution in [2.45, 2.75) is 37.3 Å². The summed E-state index contributed by atoms with van der Waals surface area (Å²) in [7, 11) is 2.24. The minimum atomic E-state index is -1.84. The number of rotatable bonds is 9. The van der Waals surface area contributed by atoms with Crippen LogP contribution < -0.4 is 0 Å². The fourth-order valence-corrected chi connectivity index (χ4v) is 4.86. The quantitative estimate of drug-likeness (QED) is 0.402. The van der Waals surface area contributed by atoms with Gasteiger partial charge >= 0.3 is 5.97 Å². The maximum Gasteiger partial charge on any atom is 0.347 e. The van der Waals surface area contributed by atoms with Crippen LogP contribution in [0.2, 0.25) is 0 Å². The van der Waals surface area contributed by atoms with E-state index >= 15 is 0 Å². The lowest BCUT2D eigenvalue weighted by Gasteiger charge is -2.36. The molecule has 0 aliphatic carbocycles. The average Bonchev–Trinajstić information content (AvgIpc) is 3.23. The highest BCUT2D eigenvalue weighted by atomic mass is 16.6. The van der Waals surface area contributed by atoms with Crippen LogP contribution in [0.15, 0.2) is 79.3 Å². The number of benzene rings is 2. The molecule has 1 N–H and O–H groups in total. The summed E-state index contributed by atoms with van der Waals surface area (Å²) in [4.78, 5) is 21.6. The van der Waals surface area contributed by atoms with Crippen LogP contribution in [0, 0.1) is 0 Å². The lowest BCUT2D eigenvalue weighted by Crippen LogP contribution is -2.51. The van der Waals surface area contributed by atoms with E-state index in [9.17, 15) is 9.90 Å². The molecule has 1 aliphatic rings. The molecule has 6 nitrogen and oxygen atoms in total. The summed E-state index contributed by atoms with van der Waals surface area (Å²) in [5, 5.41) is 11.6. The molecule has 2 atom stereocenters. The number of ether oxygens (including phenoxy) is 1. The summed E-state index contributed by atoms with van der Waals surface area (Å²) < 4.78 is 6.70. The van der Waals surface area contributed by atoms with Gasteiger partial charge in [0.05, 0.1) is 20.1 Å². The van der Waals surface area contributed by atoms with Crippen molar-refractivity contribution in [1.82, 2.24) is 9.97 Å². The Kier molecular flexibility index (Phi) is 7.16. The Bertz CT molecular complexity index is 991. The fraction of sp³-hybridized carbons (Fsp3) is 0.370. The van der Waals surface area contributed by atoms with E-state index in [-0.39, 0.29) is 6.04 Å². The Morgan fingerprint density at radius 1 is 1.09 bits per heavy atom. The zero-order valence-corrected chi connectivity index (χ0v) is 19.1. The van der Waals surface area contributed by atoms with Crippen molar-refractivity contribution in [3.8, 4) is 0 Å². The van der Waals surface area contributed by atoms with Crippen molar-refractivity contribution < 1.29 is 19.1 Å². The Hall–Kier alpha value is -3.09. The van der Waals surface area contributed by atoms with Crippen molar-refractivity contribution in [3.05, 3.63) is 96.1 Å². The number of nitrogens with zero attached hydrogens (tertiary/aromatic N) is 3. The third kappa shape index (κ3) is 5.13. The molecule has 0 saturated carbocycles. The third-order valence-corrected chi connectivity index (χ3v) is 6.92. The molecule has 1 aromatic heterocycles. The molecular weight excluding hydrogens is 414 g/mol. The highest BCUT2D eigenvalue weighted by Crippen LogP contribution is 2.32. The Morgan fingerprint density at radius 2 is 1.76 bits per heavy atom. The highest BCUT2D eigenvalue weighted by Gasteiger charge is 2.44. The number of hydrogen-bond donors (Lipinski definition) is 1. The van der Waals surface area contributed by atoms with Gasteiger partial charge in [-0.1, -0.05) is 60.7 Å². The average molecular weight is 447 g/mol. The van der Waals surface area contributed by atoms with Crippen molar-refractivity contribution in [3.63, 3.8) is 0 Å². The Balaban J connectivity index is 1.43. The van der Waals surface area contributed by atoms with Crippen LogP contribution >= 0.6 is 0 Å². The van der Waals surface area contributed by atoms with Crippen LogP contribution in [-0.2, 0) is 21.6 Å². The number of aromatic nitrogens is 2. The fourth-order valence-electron chi connectivity index (χ4n) is 4.86. The zero-order chi connectivity index (χ0) is 23.2. The van der Waals surface area contributed by atoms with Gasteiger partial charge in [0.15, 0.2) is 0 Å². The summed E-state index contributed by atoms with van der Waals surface area (Å²) in [5.41, 5.74) is 0.233. The molecule has 0 radical (unpaired) electrons. The lowest BCUT2D eigenvalue weighted by molar-refractivity contribution is -0.921. The van der Waals surface area contributed by atoms with Crippen molar-refractivity contribution >= 4 is 5.97 Å². The number of quaternary nitrogens is 1. The van der Waals surface area contributed by atoms with Gasteiger partial charge in [0.2, 0.25) is 5.60 Å². The van der Waals surface area contributed by atoms with Gasteiger partial charge in [-0.2, -0.15) is 0 Å². The van der Waals surface area contributed by atoms with Gasteiger partial charge in [-0.15, -0.1) is 0 Å². The number of likely N-dealkylation sites (tertiary alicyclic amines) is 1. The molecule has 0 bridgehead atoms. The van der Waals surface area contributed by atoms with Crippen LogP contribution in [0.1, 0.15) is 36.1 Å². The maximum absolute atomic E-state index is 13.3. The number of hydrogen-bond acceptors (Lipinski definition) is 5. The highest BCUT2D eigenvalue weighted by molar-refractivity contribution is 5.85. The molecule has 1 saturated heterocycles. The molecule has 2 heterocycles. The standard InChI is InChI=1S/C27H32N3O3/c1-30(18-8-14-24-16-17-28-21-29-24)19-9-15-25(30)20-33-26(31)27(32,22-10-4-2-5-11-22)23-12-6-3-7-13-23/h2-7,10-13,16-17,21,25,32H,8-9,14-15,18-20H2,1H3/q+1/t25-,30?/m1/s1. The first kappa shape index (κ1) is 23.1. The second kappa shape index (κ2) is 10.2. The predicted octanol–water partition coefficient (Wildman–Crippen LogP) is 3.50. The summed E-state index contributed by atoms with van der Waals surface area (Å²) >= 11 is 0. The molecule has 0 amide bonds. The number of carbonyl (C=O) groups is 1. The van der Waals surface area contributed by atoms with Crippen molar-refractivity contribution in [1.29, 1.82) is 0 Å². The maximum atomic E-state index is 13.3. The normalized spacial score (nSPS) is 20.5. The summed E-state index contributed by atoms with van der Waals surface area (Å²) in [6.07, 6.45) is 7.39. The smallest absolute Gasteiger partial charge is 0.347 e. The van der Waals surface area contributed by atoms with E-state index in [1.165, 1.54) is 0 Å². The second-order valence-electron chi connectivity index (χ2n) is 9.07. The Labute approximate surface area is 195 Å². The lowest BCUT2D eigenvalue weighted by atomic mass is 9.86. The van der Waals surface area contributed by atoms with Gasteiger partial charge in [-0.3, -0.25) is 0 Å². The summed E-state index contributed by atoms with van der Waals surface area (Å²) in [6, 6.07) is 20.2. The van der Waals surface area contributed by atoms with Gasteiger partial charge in [0.1, 0.15) is 19.0 Å². The number of carbonyl (C=O) groups excluding carboxylic acids is 1. The van der Waals surface area contributed by atoms with E-state index in [2.05, 4.69) is 17.0 Å². The molecule has 0 spiro atoms. The predicted molar refractivity (Wildman–Crippen MR) is 126 cm³/mol. The molecule has 172 valence electrons. The number of aryl methyl sites for hydroxylation is 1. The molecule has 6 heteroatoms. The summed E-state index contributed by atoms with van der Waals surface area (Å²) in [6.45, 7) is 2.35. The second-order valence-corrected chi connectivity index (χ2v) is 9.07. The van der Waals surface area contributed by atoms with Crippen LogP contribution in [0.5, 0.6) is 0 Å². The van der Waals surface area contributed by atoms with Gasteiger partial charge in [-0.25, -0.2) is 14.8 Å². The van der Waals surface area contributed by atoms with E-state index < -0.39 is 11.6 Å². The number of aliphatic hydroxyl groups is 1. The molecular formula is C27H32N3O3+. The van der Waals surface area contributed by atoms with Gasteiger partial charge in [0, 0.05) is 31.2 Å². The molecule has 3 aromatic rings. The first-order valence-corrected chi connectivity index (χ1v) is 11.6. The molecule has 2 aromatic carbocycles. The van der Waals surface area contributed by atoms with Gasteiger partial charge in [-0.05, 0) is 23.6 Å². The number of likely N-dealkylation sites (N-methyl/N-ethyl adjacent to an activating group) is 1. The van der Waals surface area contributed by atoms with Crippen molar-refractivity contribution in [2.75, 3.05) is 26.7 Å². The van der Waals surface area contributed by atoms with Crippen LogP contribution in [0.25, 0.3) is 0 Å². The molecule has 4 rings (SSSR count).